The van der Waals surface area contributed by atoms with Gasteiger partial charge in [-0.25, -0.2) is 0 Å². The van der Waals surface area contributed by atoms with E-state index in [4.69, 9.17) is 0 Å². The summed E-state index contributed by atoms with van der Waals surface area (Å²) in [6.07, 6.45) is 10.1. The van der Waals surface area contributed by atoms with Gasteiger partial charge >= 0.3 is 0 Å². The molecular formula is C18H28N2O3. The van der Waals surface area contributed by atoms with Gasteiger partial charge in [-0.2, -0.15) is 0 Å². The van der Waals surface area contributed by atoms with Crippen LogP contribution in [-0.4, -0.2) is 29.4 Å². The van der Waals surface area contributed by atoms with Gasteiger partial charge in [0.25, 0.3) is 0 Å². The predicted molar refractivity (Wildman–Crippen MR) is 85.4 cm³/mol. The number of nitrogens with one attached hydrogen (secondary N) is 2. The average Bonchev–Trinajstić information content (AvgIpc) is 2.85. The Hall–Kier alpha value is -1.10. The molecule has 0 radical (unpaired) electrons. The van der Waals surface area contributed by atoms with Gasteiger partial charge in [0, 0.05) is 23.9 Å². The van der Waals surface area contributed by atoms with Crippen LogP contribution in [0.25, 0.3) is 0 Å². The van der Waals surface area contributed by atoms with Crippen LogP contribution in [0.3, 0.4) is 0 Å². The van der Waals surface area contributed by atoms with E-state index in [1.54, 1.807) is 0 Å². The number of carbonyl (C=O) groups is 2. The molecule has 0 aromatic rings. The third-order valence-corrected chi connectivity index (χ3v) is 7.36. The van der Waals surface area contributed by atoms with Gasteiger partial charge in [0.05, 0.1) is 0 Å². The number of piperidine rings is 2. The van der Waals surface area contributed by atoms with Crippen molar-refractivity contribution in [3.63, 3.8) is 0 Å². The van der Waals surface area contributed by atoms with Gasteiger partial charge in [-0.1, -0.05) is 0 Å². The Labute approximate surface area is 137 Å². The van der Waals surface area contributed by atoms with E-state index in [0.717, 1.165) is 23.7 Å². The first kappa shape index (κ1) is 15.4. The molecule has 6 rings (SSSR count). The summed E-state index contributed by atoms with van der Waals surface area (Å²) >= 11 is 0. The summed E-state index contributed by atoms with van der Waals surface area (Å²) in [4.78, 5) is 22.8. The monoisotopic (exact) mass is 320 g/mol. The molecule has 4 aliphatic carbocycles. The minimum atomic E-state index is 0. The second kappa shape index (κ2) is 5.47. The Kier molecular flexibility index (Phi) is 3.67. The molecule has 8 unspecified atom stereocenters. The number of carbonyl (C=O) groups excluding carboxylic acids is 2. The van der Waals surface area contributed by atoms with Crippen LogP contribution >= 0.6 is 0 Å². The van der Waals surface area contributed by atoms with Crippen LogP contribution in [0.4, 0.5) is 0 Å². The number of rotatable bonds is 0. The van der Waals surface area contributed by atoms with E-state index >= 15 is 0 Å². The van der Waals surface area contributed by atoms with Crippen molar-refractivity contribution in [2.75, 3.05) is 0 Å². The van der Waals surface area contributed by atoms with Crippen molar-refractivity contribution in [1.82, 2.24) is 10.6 Å². The van der Waals surface area contributed by atoms with Crippen molar-refractivity contribution >= 4 is 11.8 Å². The lowest BCUT2D eigenvalue weighted by Crippen LogP contribution is -2.46. The quantitative estimate of drug-likeness (QED) is 0.698. The summed E-state index contributed by atoms with van der Waals surface area (Å²) < 4.78 is 0. The summed E-state index contributed by atoms with van der Waals surface area (Å²) in [5.74, 6) is 4.78. The van der Waals surface area contributed by atoms with Gasteiger partial charge in [-0.05, 0) is 75.0 Å². The third kappa shape index (κ3) is 2.48. The largest absolute Gasteiger partial charge is 0.412 e. The molecule has 6 aliphatic rings. The summed E-state index contributed by atoms with van der Waals surface area (Å²) in [5, 5.41) is 6.20. The van der Waals surface area contributed by atoms with Crippen molar-refractivity contribution in [3.8, 4) is 0 Å². The molecule has 5 heteroatoms. The second-order valence-corrected chi connectivity index (χ2v) is 8.76. The first-order chi connectivity index (χ1) is 10.7. The smallest absolute Gasteiger partial charge is 0.223 e. The summed E-state index contributed by atoms with van der Waals surface area (Å²) in [5.41, 5.74) is 0. The van der Waals surface area contributed by atoms with Crippen molar-refractivity contribution in [1.29, 1.82) is 0 Å². The Balaban J connectivity index is 0.000000113. The minimum absolute atomic E-state index is 0. The zero-order chi connectivity index (χ0) is 14.8. The van der Waals surface area contributed by atoms with Crippen LogP contribution < -0.4 is 10.6 Å². The van der Waals surface area contributed by atoms with E-state index in [2.05, 4.69) is 10.6 Å². The fourth-order valence-corrected chi connectivity index (χ4v) is 6.61. The van der Waals surface area contributed by atoms with Gasteiger partial charge < -0.3 is 16.1 Å². The SMILES string of the molecule is O.O=C1NC2CC3CC(C2)C1C3.O=C1NC2CC3CC(C2)C1C3. The highest BCUT2D eigenvalue weighted by atomic mass is 16.2. The average molecular weight is 320 g/mol. The van der Waals surface area contributed by atoms with Crippen LogP contribution in [0, 0.1) is 35.5 Å². The fourth-order valence-electron chi connectivity index (χ4n) is 6.61. The zero-order valence-corrected chi connectivity index (χ0v) is 13.6. The molecule has 2 amide bonds. The Bertz CT molecular complexity index is 472. The van der Waals surface area contributed by atoms with Crippen molar-refractivity contribution in [2.45, 2.75) is 63.5 Å². The normalized spacial score (nSPS) is 50.6. The molecule has 4 N–H and O–H groups in total. The number of fused-ring (bicyclic) bond motifs is 4. The number of hydrogen-bond donors (Lipinski definition) is 2. The lowest BCUT2D eigenvalue weighted by molar-refractivity contribution is -0.129. The van der Waals surface area contributed by atoms with E-state index in [9.17, 15) is 9.59 Å². The standard InChI is InChI=1S/2C9H13NO.H2O/c2*11-9-8-3-5-1-6(8)4-7(2-5)10-9;/h2*5-8H,1-4H2,(H,10,11);1H2. The van der Waals surface area contributed by atoms with Gasteiger partial charge in [-0.3, -0.25) is 9.59 Å². The Morgan fingerprint density at radius 3 is 1.48 bits per heavy atom. The predicted octanol–water partition coefficient (Wildman–Crippen LogP) is 1.02. The molecule has 6 fully saturated rings. The molecule has 2 saturated heterocycles. The van der Waals surface area contributed by atoms with Crippen LogP contribution in [0.5, 0.6) is 0 Å². The fraction of sp³-hybridized carbons (Fsp3) is 0.889. The highest BCUT2D eigenvalue weighted by Gasteiger charge is 2.49. The van der Waals surface area contributed by atoms with Crippen molar-refractivity contribution < 1.29 is 15.1 Å². The number of amides is 2. The molecule has 128 valence electrons. The van der Waals surface area contributed by atoms with Crippen LogP contribution in [0.15, 0.2) is 0 Å². The van der Waals surface area contributed by atoms with Crippen molar-refractivity contribution in [3.05, 3.63) is 0 Å². The molecule has 0 aromatic carbocycles. The molecule has 8 atom stereocenters. The maximum Gasteiger partial charge on any atom is 0.223 e. The van der Waals surface area contributed by atoms with Gasteiger partial charge in [0.2, 0.25) is 11.8 Å². The minimum Gasteiger partial charge on any atom is -0.412 e. The molecule has 0 spiro atoms. The molecule has 4 saturated carbocycles. The van der Waals surface area contributed by atoms with Crippen LogP contribution in [0.1, 0.15) is 51.4 Å². The van der Waals surface area contributed by atoms with E-state index in [-0.39, 0.29) is 5.48 Å². The molecule has 2 aliphatic heterocycles. The molecule has 6 bridgehead atoms. The molecule has 23 heavy (non-hydrogen) atoms. The van der Waals surface area contributed by atoms with Crippen molar-refractivity contribution in [2.24, 2.45) is 35.5 Å². The maximum atomic E-state index is 11.4. The van der Waals surface area contributed by atoms with E-state index in [1.165, 1.54) is 51.4 Å². The lowest BCUT2D eigenvalue weighted by Gasteiger charge is -2.34. The van der Waals surface area contributed by atoms with Gasteiger partial charge in [-0.15, -0.1) is 0 Å². The first-order valence-electron chi connectivity index (χ1n) is 9.26. The van der Waals surface area contributed by atoms with E-state index in [1.807, 2.05) is 0 Å². The summed E-state index contributed by atoms with van der Waals surface area (Å²) in [6, 6.07) is 1.09. The lowest BCUT2D eigenvalue weighted by atomic mass is 9.81. The first-order valence-corrected chi connectivity index (χ1v) is 9.26. The maximum absolute atomic E-state index is 11.4. The van der Waals surface area contributed by atoms with E-state index < -0.39 is 0 Å². The van der Waals surface area contributed by atoms with Gasteiger partial charge in [0.1, 0.15) is 0 Å². The molecular weight excluding hydrogens is 292 g/mol. The van der Waals surface area contributed by atoms with Gasteiger partial charge in [0.15, 0.2) is 0 Å². The topological polar surface area (TPSA) is 89.7 Å². The molecule has 5 nitrogen and oxygen atoms in total. The number of hydrogen-bond acceptors (Lipinski definition) is 2. The summed E-state index contributed by atoms with van der Waals surface area (Å²) in [7, 11) is 0. The highest BCUT2D eigenvalue weighted by Crippen LogP contribution is 2.49. The van der Waals surface area contributed by atoms with Crippen LogP contribution in [0.2, 0.25) is 0 Å². The Morgan fingerprint density at radius 2 is 1.04 bits per heavy atom. The highest BCUT2D eigenvalue weighted by molar-refractivity contribution is 5.81. The van der Waals surface area contributed by atoms with Crippen LogP contribution in [-0.2, 0) is 9.59 Å². The zero-order valence-electron chi connectivity index (χ0n) is 13.6. The van der Waals surface area contributed by atoms with E-state index in [0.29, 0.717) is 35.7 Å². The summed E-state index contributed by atoms with van der Waals surface area (Å²) in [6.45, 7) is 0. The third-order valence-electron chi connectivity index (χ3n) is 7.36. The Morgan fingerprint density at radius 1 is 0.609 bits per heavy atom. The molecule has 2 heterocycles. The second-order valence-electron chi connectivity index (χ2n) is 8.76. The molecule has 0 aromatic heterocycles.